The van der Waals surface area contributed by atoms with Gasteiger partial charge in [0, 0.05) is 24.7 Å². The zero-order valence-electron chi connectivity index (χ0n) is 14.9. The molecule has 0 aliphatic carbocycles. The highest BCUT2D eigenvalue weighted by atomic mass is 32.2. The molecule has 2 amide bonds. The number of nitrogens with one attached hydrogen (secondary N) is 1. The van der Waals surface area contributed by atoms with Gasteiger partial charge in [0.2, 0.25) is 5.91 Å². The predicted octanol–water partition coefficient (Wildman–Crippen LogP) is 4.92. The summed E-state index contributed by atoms with van der Waals surface area (Å²) in [6, 6.07) is 7.83. The van der Waals surface area contributed by atoms with Crippen molar-refractivity contribution in [3.8, 4) is 0 Å². The summed E-state index contributed by atoms with van der Waals surface area (Å²) in [5, 5.41) is 2.44. The van der Waals surface area contributed by atoms with Gasteiger partial charge in [-0.25, -0.2) is 0 Å². The van der Waals surface area contributed by atoms with Gasteiger partial charge in [0.25, 0.3) is 5.91 Å². The van der Waals surface area contributed by atoms with Gasteiger partial charge in [-0.3, -0.25) is 14.5 Å². The number of nitrogens with zero attached hydrogens (tertiary/aromatic N) is 1. The number of rotatable bonds is 6. The van der Waals surface area contributed by atoms with Crippen LogP contribution in [0.3, 0.4) is 0 Å². The number of anilines is 1. The lowest BCUT2D eigenvalue weighted by Gasteiger charge is -2.14. The van der Waals surface area contributed by atoms with E-state index in [2.05, 4.69) is 5.32 Å². The number of hydrogen-bond acceptors (Lipinski definition) is 5. The molecule has 1 N–H and O–H groups in total. The van der Waals surface area contributed by atoms with Crippen LogP contribution in [-0.2, 0) is 15.8 Å². The van der Waals surface area contributed by atoms with E-state index in [0.29, 0.717) is 21.4 Å². The number of alkyl halides is 3. The molecular weight excluding hydrogens is 425 g/mol. The lowest BCUT2D eigenvalue weighted by Crippen LogP contribution is -2.29. The Kier molecular flexibility index (Phi) is 6.43. The maximum absolute atomic E-state index is 12.7. The van der Waals surface area contributed by atoms with Crippen molar-refractivity contribution in [3.05, 3.63) is 58.9 Å². The van der Waals surface area contributed by atoms with Gasteiger partial charge in [-0.15, -0.1) is 0 Å². The minimum atomic E-state index is -4.48. The smallest absolute Gasteiger partial charge is 0.416 e. The van der Waals surface area contributed by atoms with Crippen LogP contribution < -0.4 is 5.32 Å². The highest BCUT2D eigenvalue weighted by Gasteiger charge is 2.32. The molecule has 5 nitrogen and oxygen atoms in total. The monoisotopic (exact) mass is 440 g/mol. The van der Waals surface area contributed by atoms with E-state index in [1.54, 1.807) is 18.2 Å². The first-order valence-corrected chi connectivity index (χ1v) is 9.72. The van der Waals surface area contributed by atoms with Crippen molar-refractivity contribution in [3.63, 3.8) is 0 Å². The first-order valence-electron chi connectivity index (χ1n) is 8.50. The van der Waals surface area contributed by atoms with E-state index in [0.717, 1.165) is 23.9 Å². The summed E-state index contributed by atoms with van der Waals surface area (Å²) in [5.41, 5.74) is -0.770. The average Bonchev–Trinajstić information content (AvgIpc) is 3.25. The molecule has 29 heavy (non-hydrogen) atoms. The Morgan fingerprint density at radius 2 is 2.07 bits per heavy atom. The van der Waals surface area contributed by atoms with Gasteiger partial charge in [0.15, 0.2) is 0 Å². The normalized spacial score (nSPS) is 16.0. The van der Waals surface area contributed by atoms with Crippen molar-refractivity contribution in [2.75, 3.05) is 11.9 Å². The summed E-state index contributed by atoms with van der Waals surface area (Å²) >= 11 is 6.36. The fourth-order valence-electron chi connectivity index (χ4n) is 2.59. The van der Waals surface area contributed by atoms with E-state index in [4.69, 9.17) is 16.6 Å². The molecule has 1 aliphatic heterocycles. The van der Waals surface area contributed by atoms with Crippen LogP contribution in [0.2, 0.25) is 0 Å². The molecule has 1 saturated heterocycles. The summed E-state index contributed by atoms with van der Waals surface area (Å²) in [6.45, 7) is 0.232. The van der Waals surface area contributed by atoms with Crippen LogP contribution in [0.4, 0.5) is 18.9 Å². The van der Waals surface area contributed by atoms with E-state index in [9.17, 15) is 22.8 Å². The second-order valence-electron chi connectivity index (χ2n) is 6.08. The number of halogens is 3. The van der Waals surface area contributed by atoms with Gasteiger partial charge in [-0.2, -0.15) is 13.2 Å². The van der Waals surface area contributed by atoms with Gasteiger partial charge in [-0.05, 0) is 36.8 Å². The Morgan fingerprint density at radius 1 is 1.28 bits per heavy atom. The molecular formula is C19H15F3N2O3S2. The maximum atomic E-state index is 12.7. The molecule has 2 aromatic rings. The molecule has 1 aliphatic rings. The fraction of sp³-hybridized carbons (Fsp3) is 0.211. The van der Waals surface area contributed by atoms with Crippen molar-refractivity contribution < 1.29 is 27.2 Å². The number of thioether (sulfide) groups is 1. The molecule has 0 radical (unpaired) electrons. The number of carbonyl (C=O) groups excluding carboxylic acids is 2. The number of benzene rings is 1. The van der Waals surface area contributed by atoms with Crippen LogP contribution in [-0.4, -0.2) is 27.6 Å². The van der Waals surface area contributed by atoms with Gasteiger partial charge < -0.3 is 9.73 Å². The van der Waals surface area contributed by atoms with Crippen LogP contribution in [0.5, 0.6) is 0 Å². The second-order valence-corrected chi connectivity index (χ2v) is 7.75. The Morgan fingerprint density at radius 3 is 2.76 bits per heavy atom. The average molecular weight is 440 g/mol. The first kappa shape index (κ1) is 21.1. The molecule has 0 unspecified atom stereocenters. The van der Waals surface area contributed by atoms with Crippen molar-refractivity contribution >= 4 is 51.9 Å². The molecule has 2 heterocycles. The molecule has 0 bridgehead atoms. The maximum Gasteiger partial charge on any atom is 0.416 e. The molecule has 0 saturated carbocycles. The number of thiocarbonyl (C=S) groups is 1. The summed E-state index contributed by atoms with van der Waals surface area (Å²) in [6.07, 6.45) is -1.05. The quantitative estimate of drug-likeness (QED) is 0.510. The highest BCUT2D eigenvalue weighted by molar-refractivity contribution is 8.26. The minimum absolute atomic E-state index is 0.0323. The van der Waals surface area contributed by atoms with Crippen molar-refractivity contribution in [2.45, 2.75) is 19.0 Å². The SMILES string of the molecule is O=C(CCCN1C(=O)/C(=C\c2ccco2)SC1=S)Nc1cccc(C(F)(F)F)c1. The first-order chi connectivity index (χ1) is 13.7. The lowest BCUT2D eigenvalue weighted by atomic mass is 10.2. The zero-order chi connectivity index (χ0) is 21.0. The lowest BCUT2D eigenvalue weighted by molar-refractivity contribution is -0.137. The van der Waals surface area contributed by atoms with E-state index >= 15 is 0 Å². The summed E-state index contributed by atoms with van der Waals surface area (Å²) in [7, 11) is 0. The standard InChI is InChI=1S/C19H15F3N2O3S2/c20-19(21,22)12-4-1-5-13(10-12)23-16(25)7-2-8-24-17(26)15(29-18(24)28)11-14-6-3-9-27-14/h1,3-6,9-11H,2,7-8H2,(H,23,25)/b15-11+. The highest BCUT2D eigenvalue weighted by Crippen LogP contribution is 2.33. The van der Waals surface area contributed by atoms with E-state index in [1.165, 1.54) is 23.3 Å². The van der Waals surface area contributed by atoms with Crippen LogP contribution in [0.25, 0.3) is 6.08 Å². The predicted molar refractivity (Wildman–Crippen MR) is 108 cm³/mol. The van der Waals surface area contributed by atoms with Gasteiger partial charge in [0.1, 0.15) is 10.1 Å². The van der Waals surface area contributed by atoms with Crippen LogP contribution in [0, 0.1) is 0 Å². The molecule has 10 heteroatoms. The fourth-order valence-corrected chi connectivity index (χ4v) is 3.88. The van der Waals surface area contributed by atoms with Gasteiger partial charge in [0.05, 0.1) is 16.7 Å². The number of carbonyl (C=O) groups is 2. The van der Waals surface area contributed by atoms with Crippen LogP contribution in [0.15, 0.2) is 52.0 Å². The van der Waals surface area contributed by atoms with Crippen molar-refractivity contribution in [1.82, 2.24) is 4.90 Å². The largest absolute Gasteiger partial charge is 0.465 e. The van der Waals surface area contributed by atoms with Gasteiger partial charge in [-0.1, -0.05) is 30.0 Å². The molecule has 0 atom stereocenters. The van der Waals surface area contributed by atoms with Crippen LogP contribution >= 0.6 is 24.0 Å². The molecule has 1 aromatic heterocycles. The third-order valence-corrected chi connectivity index (χ3v) is 5.33. The third kappa shape index (κ3) is 5.48. The number of amides is 2. The van der Waals surface area contributed by atoms with Crippen LogP contribution in [0.1, 0.15) is 24.2 Å². The van der Waals surface area contributed by atoms with E-state index < -0.39 is 17.6 Å². The van der Waals surface area contributed by atoms with E-state index in [-0.39, 0.29) is 24.6 Å². The topological polar surface area (TPSA) is 62.6 Å². The summed E-state index contributed by atoms with van der Waals surface area (Å²) < 4.78 is 43.8. The summed E-state index contributed by atoms with van der Waals surface area (Å²) in [5.74, 6) is -0.179. The van der Waals surface area contributed by atoms with E-state index in [1.807, 2.05) is 0 Å². The molecule has 3 rings (SSSR count). The third-order valence-electron chi connectivity index (χ3n) is 3.95. The summed E-state index contributed by atoms with van der Waals surface area (Å²) in [4.78, 5) is 26.3. The molecule has 1 fully saturated rings. The Hall–Kier alpha value is -2.59. The Balaban J connectivity index is 1.51. The molecule has 152 valence electrons. The second kappa shape index (κ2) is 8.83. The molecule has 1 aromatic carbocycles. The number of hydrogen-bond donors (Lipinski definition) is 1. The molecule has 0 spiro atoms. The van der Waals surface area contributed by atoms with Crippen molar-refractivity contribution in [1.29, 1.82) is 0 Å². The van der Waals surface area contributed by atoms with Gasteiger partial charge >= 0.3 is 6.18 Å². The van der Waals surface area contributed by atoms with Crippen molar-refractivity contribution in [2.24, 2.45) is 0 Å². The number of furan rings is 1. The zero-order valence-corrected chi connectivity index (χ0v) is 16.5. The minimum Gasteiger partial charge on any atom is -0.465 e. The Bertz CT molecular complexity index is 956. The Labute approximate surface area is 173 Å².